The molecule has 0 amide bonds. The largest absolute Gasteiger partial charge is 1.00 e. The van der Waals surface area contributed by atoms with Crippen molar-refractivity contribution in [3.05, 3.63) is 84.4 Å². The summed E-state index contributed by atoms with van der Waals surface area (Å²) in [5.41, 5.74) is 2.55. The summed E-state index contributed by atoms with van der Waals surface area (Å²) >= 11 is 0. The zero-order valence-corrected chi connectivity index (χ0v) is 20.7. The van der Waals surface area contributed by atoms with E-state index < -0.39 is 10.1 Å². The Kier molecular flexibility index (Phi) is 7.72. The van der Waals surface area contributed by atoms with Crippen LogP contribution in [0, 0.1) is 6.92 Å². The predicted molar refractivity (Wildman–Crippen MR) is 119 cm³/mol. The van der Waals surface area contributed by atoms with E-state index in [1.807, 2.05) is 31.2 Å². The number of hydrogen-bond donors (Lipinski definition) is 1. The molecule has 0 aliphatic heterocycles. The Labute approximate surface area is 212 Å². The Balaban J connectivity index is 0.00000306. The number of benzene rings is 4. The quantitative estimate of drug-likeness (QED) is 0.274. The maximum atomic E-state index is 12.0. The van der Waals surface area contributed by atoms with Crippen LogP contribution in [-0.4, -0.2) is 13.0 Å². The van der Waals surface area contributed by atoms with E-state index in [4.69, 9.17) is 0 Å². The van der Waals surface area contributed by atoms with Crippen LogP contribution in [0.25, 0.3) is 10.8 Å². The average molecular weight is 468 g/mol. The zero-order valence-electron chi connectivity index (χ0n) is 17.9. The van der Waals surface area contributed by atoms with Crippen molar-refractivity contribution >= 4 is 43.6 Å². The first kappa shape index (κ1) is 24.7. The van der Waals surface area contributed by atoms with Crippen molar-refractivity contribution in [2.75, 3.05) is 0 Å². The standard InChI is InChI=1S/C23H18N4O4S.Na/c1-15-9-12-23(28)22(13-15)27-26-21-11-10-20(18-7-2-3-8-19(18)21)25-24-16-5-4-6-17(14-16)32(29,30)31;/h2-14,28H,1H3,(H,29,30,31);/q;+1/p-1. The molecule has 4 aromatic carbocycles. The summed E-state index contributed by atoms with van der Waals surface area (Å²) in [4.78, 5) is -0.261. The van der Waals surface area contributed by atoms with Gasteiger partial charge in [-0.2, -0.15) is 18.6 Å². The summed E-state index contributed by atoms with van der Waals surface area (Å²) in [5.74, 6) is -0.207. The Morgan fingerprint density at radius 1 is 0.727 bits per heavy atom. The van der Waals surface area contributed by atoms with Crippen molar-refractivity contribution in [2.45, 2.75) is 11.8 Å². The number of hydrogen-bond acceptors (Lipinski definition) is 7. The molecule has 0 aliphatic rings. The first-order valence-corrected chi connectivity index (χ1v) is 11.0. The third-order valence-electron chi connectivity index (χ3n) is 4.65. The number of rotatable bonds is 5. The van der Waals surface area contributed by atoms with Gasteiger partial charge in [0.25, 0.3) is 10.1 Å². The first-order chi connectivity index (χ1) is 15.3. The van der Waals surface area contributed by atoms with Gasteiger partial charge in [0.05, 0.1) is 27.6 Å². The molecule has 10 heteroatoms. The van der Waals surface area contributed by atoms with E-state index in [9.17, 15) is 18.1 Å². The van der Waals surface area contributed by atoms with Crippen LogP contribution in [0.2, 0.25) is 0 Å². The Morgan fingerprint density at radius 2 is 1.33 bits per heavy atom. The summed E-state index contributed by atoms with van der Waals surface area (Å²) in [6, 6.07) is 21.2. The molecule has 0 atom stereocenters. The van der Waals surface area contributed by atoms with Crippen molar-refractivity contribution in [3.8, 4) is 5.75 Å². The smallest absolute Gasteiger partial charge is 0.871 e. The molecular formula is C23H17N4NaO4S. The van der Waals surface area contributed by atoms with E-state index in [2.05, 4.69) is 20.5 Å². The van der Waals surface area contributed by atoms with Crippen LogP contribution in [-0.2, 0) is 10.1 Å². The van der Waals surface area contributed by atoms with Gasteiger partial charge in [-0.3, -0.25) is 4.55 Å². The van der Waals surface area contributed by atoms with Crippen molar-refractivity contribution in [1.82, 2.24) is 0 Å². The van der Waals surface area contributed by atoms with Crippen LogP contribution in [0.3, 0.4) is 0 Å². The predicted octanol–water partition coefficient (Wildman–Crippen LogP) is 3.30. The summed E-state index contributed by atoms with van der Waals surface area (Å²) < 4.78 is 31.8. The second kappa shape index (κ2) is 10.3. The van der Waals surface area contributed by atoms with Crippen molar-refractivity contribution in [3.63, 3.8) is 0 Å². The van der Waals surface area contributed by atoms with Crippen LogP contribution in [0.1, 0.15) is 5.56 Å². The second-order valence-corrected chi connectivity index (χ2v) is 8.41. The van der Waals surface area contributed by atoms with E-state index >= 15 is 0 Å². The summed E-state index contributed by atoms with van der Waals surface area (Å²) in [6.07, 6.45) is 0. The molecule has 0 bridgehead atoms. The van der Waals surface area contributed by atoms with Crippen LogP contribution < -0.4 is 34.7 Å². The molecule has 0 heterocycles. The molecule has 0 fully saturated rings. The maximum Gasteiger partial charge on any atom is 1.00 e. The molecule has 0 saturated carbocycles. The molecule has 0 unspecified atom stereocenters. The fourth-order valence-corrected chi connectivity index (χ4v) is 3.59. The zero-order chi connectivity index (χ0) is 22.7. The van der Waals surface area contributed by atoms with Gasteiger partial charge in [-0.25, -0.2) is 0 Å². The minimum atomic E-state index is -4.33. The van der Waals surface area contributed by atoms with Gasteiger partial charge in [0.1, 0.15) is 0 Å². The molecular weight excluding hydrogens is 451 g/mol. The van der Waals surface area contributed by atoms with Gasteiger partial charge in [0, 0.05) is 10.8 Å². The summed E-state index contributed by atoms with van der Waals surface area (Å²) in [7, 11) is -4.33. The normalized spacial score (nSPS) is 11.8. The van der Waals surface area contributed by atoms with Gasteiger partial charge in [-0.05, 0) is 48.9 Å². The molecule has 0 radical (unpaired) electrons. The molecule has 4 aromatic rings. The van der Waals surface area contributed by atoms with Gasteiger partial charge < -0.3 is 5.11 Å². The Bertz CT molecular complexity index is 1490. The molecule has 1 N–H and O–H groups in total. The van der Waals surface area contributed by atoms with Gasteiger partial charge >= 0.3 is 29.6 Å². The molecule has 4 rings (SSSR count). The van der Waals surface area contributed by atoms with Crippen molar-refractivity contribution in [1.29, 1.82) is 0 Å². The first-order valence-electron chi connectivity index (χ1n) is 9.52. The minimum Gasteiger partial charge on any atom is -0.871 e. The number of nitrogens with zero attached hydrogens (tertiary/aromatic N) is 4. The van der Waals surface area contributed by atoms with E-state index in [-0.39, 0.29) is 51.6 Å². The van der Waals surface area contributed by atoms with Crippen LogP contribution in [0.15, 0.2) is 104 Å². The van der Waals surface area contributed by atoms with E-state index in [0.29, 0.717) is 11.4 Å². The topological polar surface area (TPSA) is 127 Å². The van der Waals surface area contributed by atoms with Gasteiger partial charge in [-0.1, -0.05) is 48.2 Å². The number of azo groups is 2. The van der Waals surface area contributed by atoms with Crippen LogP contribution in [0.5, 0.6) is 5.75 Å². The van der Waals surface area contributed by atoms with Crippen LogP contribution >= 0.6 is 0 Å². The molecule has 0 aromatic heterocycles. The average Bonchev–Trinajstić information content (AvgIpc) is 2.78. The number of fused-ring (bicyclic) bond motifs is 1. The van der Waals surface area contributed by atoms with E-state index in [1.165, 1.54) is 24.3 Å². The fourth-order valence-electron chi connectivity index (χ4n) is 3.07. The third kappa shape index (κ3) is 5.89. The third-order valence-corrected chi connectivity index (χ3v) is 5.50. The van der Waals surface area contributed by atoms with Gasteiger partial charge in [0.2, 0.25) is 0 Å². The monoisotopic (exact) mass is 468 g/mol. The molecule has 0 spiro atoms. The minimum absolute atomic E-state index is 0. The summed E-state index contributed by atoms with van der Waals surface area (Å²) in [6.45, 7) is 1.87. The maximum absolute atomic E-state index is 12.0. The molecule has 33 heavy (non-hydrogen) atoms. The van der Waals surface area contributed by atoms with Gasteiger partial charge in [-0.15, -0.1) is 10.2 Å². The van der Waals surface area contributed by atoms with E-state index in [0.717, 1.165) is 16.3 Å². The summed E-state index contributed by atoms with van der Waals surface area (Å²) in [5, 5.41) is 30.2. The molecule has 160 valence electrons. The van der Waals surface area contributed by atoms with E-state index in [1.54, 1.807) is 30.3 Å². The molecule has 8 nitrogen and oxygen atoms in total. The van der Waals surface area contributed by atoms with Crippen molar-refractivity contribution in [2.24, 2.45) is 20.5 Å². The Hall–Kier alpha value is -2.95. The molecule has 0 aliphatic carbocycles. The molecule has 0 saturated heterocycles. The van der Waals surface area contributed by atoms with Crippen molar-refractivity contribution < 1.29 is 47.6 Å². The number of aryl methyl sites for hydroxylation is 1. The van der Waals surface area contributed by atoms with Gasteiger partial charge in [0.15, 0.2) is 0 Å². The fraction of sp³-hybridized carbons (Fsp3) is 0.0435. The van der Waals surface area contributed by atoms with Crippen LogP contribution in [0.4, 0.5) is 22.7 Å². The SMILES string of the molecule is Cc1ccc([O-])c(N=Nc2ccc(N=Nc3cccc(S(=O)(=O)O)c3)c3ccccc23)c1.[Na+]. The second-order valence-electron chi connectivity index (χ2n) is 6.99. The Morgan fingerprint density at radius 3 is 1.97 bits per heavy atom.